The van der Waals surface area contributed by atoms with Crippen LogP contribution in [0, 0.1) is 5.92 Å². The lowest BCUT2D eigenvalue weighted by atomic mass is 10.1. The molecule has 2 amide bonds. The SMILES string of the molecule is CC(C(=O)O)C(=O)Nc1cc(Cl)ccc1C(=O)N(C)C. The van der Waals surface area contributed by atoms with Gasteiger partial charge in [-0.2, -0.15) is 0 Å². The van der Waals surface area contributed by atoms with E-state index in [0.29, 0.717) is 5.02 Å². The first kappa shape index (κ1) is 16.0. The number of carbonyl (C=O) groups is 3. The summed E-state index contributed by atoms with van der Waals surface area (Å²) in [5.41, 5.74) is 0.430. The molecule has 0 spiro atoms. The maximum absolute atomic E-state index is 12.0. The van der Waals surface area contributed by atoms with Crippen LogP contribution in [0.25, 0.3) is 0 Å². The van der Waals surface area contributed by atoms with E-state index in [9.17, 15) is 14.4 Å². The lowest BCUT2D eigenvalue weighted by Gasteiger charge is -2.16. The first-order valence-corrected chi connectivity index (χ1v) is 6.16. The minimum Gasteiger partial charge on any atom is -0.481 e. The molecule has 0 aromatic heterocycles. The summed E-state index contributed by atoms with van der Waals surface area (Å²) in [4.78, 5) is 35.8. The van der Waals surface area contributed by atoms with Gasteiger partial charge < -0.3 is 15.3 Å². The topological polar surface area (TPSA) is 86.7 Å². The number of benzene rings is 1. The number of aliphatic carboxylic acids is 1. The third-order valence-corrected chi connectivity index (χ3v) is 2.87. The molecular weight excluding hydrogens is 284 g/mol. The van der Waals surface area contributed by atoms with Gasteiger partial charge in [0.05, 0.1) is 11.3 Å². The Labute approximate surface area is 121 Å². The molecule has 20 heavy (non-hydrogen) atoms. The molecule has 0 radical (unpaired) electrons. The zero-order valence-corrected chi connectivity index (χ0v) is 12.1. The molecule has 1 atom stereocenters. The Bertz CT molecular complexity index is 557. The molecule has 0 aliphatic carbocycles. The molecule has 2 N–H and O–H groups in total. The average molecular weight is 299 g/mol. The second-order valence-corrected chi connectivity index (χ2v) is 4.88. The molecule has 0 saturated heterocycles. The van der Waals surface area contributed by atoms with Crippen LogP contribution in [-0.4, -0.2) is 41.9 Å². The van der Waals surface area contributed by atoms with Gasteiger partial charge in [-0.25, -0.2) is 0 Å². The fraction of sp³-hybridized carbons (Fsp3) is 0.308. The van der Waals surface area contributed by atoms with Gasteiger partial charge in [0, 0.05) is 19.1 Å². The highest BCUT2D eigenvalue weighted by atomic mass is 35.5. The highest BCUT2D eigenvalue weighted by Crippen LogP contribution is 2.22. The highest BCUT2D eigenvalue weighted by Gasteiger charge is 2.23. The van der Waals surface area contributed by atoms with Crippen molar-refractivity contribution in [1.29, 1.82) is 0 Å². The third kappa shape index (κ3) is 3.71. The molecule has 0 aliphatic rings. The molecule has 108 valence electrons. The number of hydrogen-bond acceptors (Lipinski definition) is 3. The van der Waals surface area contributed by atoms with E-state index in [1.54, 1.807) is 14.1 Å². The summed E-state index contributed by atoms with van der Waals surface area (Å²) in [6.45, 7) is 1.26. The standard InChI is InChI=1S/C13H15ClN2O4/c1-7(13(19)20)11(17)15-10-6-8(14)4-5-9(10)12(18)16(2)3/h4-7H,1-3H3,(H,15,17)(H,19,20). The predicted octanol–water partition coefficient (Wildman–Crippen LogP) is 1.70. The molecule has 1 unspecified atom stereocenters. The van der Waals surface area contributed by atoms with E-state index < -0.39 is 17.8 Å². The van der Waals surface area contributed by atoms with Crippen LogP contribution in [0.15, 0.2) is 18.2 Å². The number of anilines is 1. The van der Waals surface area contributed by atoms with Gasteiger partial charge in [-0.1, -0.05) is 11.6 Å². The van der Waals surface area contributed by atoms with Crippen molar-refractivity contribution < 1.29 is 19.5 Å². The molecule has 0 aliphatic heterocycles. The van der Waals surface area contributed by atoms with Crippen molar-refractivity contribution >= 4 is 35.1 Å². The van der Waals surface area contributed by atoms with Gasteiger partial charge in [0.25, 0.3) is 5.91 Å². The van der Waals surface area contributed by atoms with E-state index in [1.807, 2.05) is 0 Å². The number of rotatable bonds is 4. The molecule has 1 aromatic rings. The van der Waals surface area contributed by atoms with Crippen LogP contribution in [0.4, 0.5) is 5.69 Å². The zero-order chi connectivity index (χ0) is 15.4. The first-order valence-electron chi connectivity index (χ1n) is 5.79. The normalized spacial score (nSPS) is 11.6. The predicted molar refractivity (Wildman–Crippen MR) is 74.9 cm³/mol. The number of nitrogens with one attached hydrogen (secondary N) is 1. The van der Waals surface area contributed by atoms with Gasteiger partial charge in [0.2, 0.25) is 5.91 Å². The van der Waals surface area contributed by atoms with E-state index in [1.165, 1.54) is 30.0 Å². The Morgan fingerprint density at radius 1 is 1.30 bits per heavy atom. The smallest absolute Gasteiger partial charge is 0.315 e. The second-order valence-electron chi connectivity index (χ2n) is 4.44. The van der Waals surface area contributed by atoms with Crippen LogP contribution in [-0.2, 0) is 9.59 Å². The Morgan fingerprint density at radius 2 is 1.90 bits per heavy atom. The van der Waals surface area contributed by atoms with Gasteiger partial charge in [0.15, 0.2) is 0 Å². The van der Waals surface area contributed by atoms with Crippen LogP contribution in [0.3, 0.4) is 0 Å². The van der Waals surface area contributed by atoms with E-state index in [4.69, 9.17) is 16.7 Å². The van der Waals surface area contributed by atoms with Crippen LogP contribution in [0.2, 0.25) is 5.02 Å². The molecule has 6 nitrogen and oxygen atoms in total. The van der Waals surface area contributed by atoms with Crippen molar-refractivity contribution in [3.05, 3.63) is 28.8 Å². The average Bonchev–Trinajstić information content (AvgIpc) is 2.36. The summed E-state index contributed by atoms with van der Waals surface area (Å²) < 4.78 is 0. The maximum atomic E-state index is 12.0. The minimum atomic E-state index is -1.25. The minimum absolute atomic E-state index is 0.189. The maximum Gasteiger partial charge on any atom is 0.315 e. The van der Waals surface area contributed by atoms with Gasteiger partial charge in [0.1, 0.15) is 5.92 Å². The number of carboxylic acid groups (broad SMARTS) is 1. The van der Waals surface area contributed by atoms with Crippen molar-refractivity contribution in [2.75, 3.05) is 19.4 Å². The third-order valence-electron chi connectivity index (χ3n) is 2.64. The molecule has 1 rings (SSSR count). The van der Waals surface area contributed by atoms with E-state index in [2.05, 4.69) is 5.32 Å². The van der Waals surface area contributed by atoms with Gasteiger partial charge in [-0.15, -0.1) is 0 Å². The molecule has 7 heteroatoms. The van der Waals surface area contributed by atoms with Crippen LogP contribution in [0.1, 0.15) is 17.3 Å². The van der Waals surface area contributed by atoms with E-state index >= 15 is 0 Å². The first-order chi connectivity index (χ1) is 9.23. The Morgan fingerprint density at radius 3 is 2.40 bits per heavy atom. The summed E-state index contributed by atoms with van der Waals surface area (Å²) in [5, 5.41) is 11.5. The molecule has 0 bridgehead atoms. The van der Waals surface area contributed by atoms with Gasteiger partial charge in [-0.05, 0) is 25.1 Å². The Hall–Kier alpha value is -2.08. The van der Waals surface area contributed by atoms with Gasteiger partial charge >= 0.3 is 5.97 Å². The fourth-order valence-corrected chi connectivity index (χ4v) is 1.57. The fourth-order valence-electron chi connectivity index (χ4n) is 1.40. The summed E-state index contributed by atoms with van der Waals surface area (Å²) in [7, 11) is 3.14. The number of carbonyl (C=O) groups excluding carboxylic acids is 2. The Balaban J connectivity index is 3.10. The number of hydrogen-bond donors (Lipinski definition) is 2. The largest absolute Gasteiger partial charge is 0.481 e. The lowest BCUT2D eigenvalue weighted by molar-refractivity contribution is -0.144. The van der Waals surface area contributed by atoms with Crippen molar-refractivity contribution in [2.45, 2.75) is 6.92 Å². The summed E-state index contributed by atoms with van der Waals surface area (Å²) >= 11 is 5.83. The monoisotopic (exact) mass is 298 g/mol. The molecular formula is C13H15ClN2O4. The van der Waals surface area contributed by atoms with E-state index in [0.717, 1.165) is 0 Å². The Kier molecular flexibility index (Phi) is 5.10. The molecule has 0 heterocycles. The lowest BCUT2D eigenvalue weighted by Crippen LogP contribution is -2.29. The summed E-state index contributed by atoms with van der Waals surface area (Å²) in [5.74, 6) is -3.51. The number of halogens is 1. The van der Waals surface area contributed by atoms with Crippen molar-refractivity contribution in [3.63, 3.8) is 0 Å². The zero-order valence-electron chi connectivity index (χ0n) is 11.3. The quantitative estimate of drug-likeness (QED) is 0.828. The summed E-state index contributed by atoms with van der Waals surface area (Å²) in [6.07, 6.45) is 0. The van der Waals surface area contributed by atoms with Crippen molar-refractivity contribution in [3.8, 4) is 0 Å². The van der Waals surface area contributed by atoms with Crippen molar-refractivity contribution in [1.82, 2.24) is 4.90 Å². The number of amides is 2. The van der Waals surface area contributed by atoms with E-state index in [-0.39, 0.29) is 17.2 Å². The number of nitrogens with zero attached hydrogens (tertiary/aromatic N) is 1. The molecule has 0 fully saturated rings. The van der Waals surface area contributed by atoms with Crippen LogP contribution < -0.4 is 5.32 Å². The molecule has 0 saturated carbocycles. The number of carboxylic acids is 1. The van der Waals surface area contributed by atoms with Gasteiger partial charge in [-0.3, -0.25) is 14.4 Å². The van der Waals surface area contributed by atoms with Crippen molar-refractivity contribution in [2.24, 2.45) is 5.92 Å². The highest BCUT2D eigenvalue weighted by molar-refractivity contribution is 6.31. The van der Waals surface area contributed by atoms with Crippen LogP contribution >= 0.6 is 11.6 Å². The van der Waals surface area contributed by atoms with Crippen LogP contribution in [0.5, 0.6) is 0 Å². The summed E-state index contributed by atoms with van der Waals surface area (Å²) in [6, 6.07) is 4.41. The second kappa shape index (κ2) is 6.38. The molecule has 1 aromatic carbocycles.